The zero-order valence-electron chi connectivity index (χ0n) is 14.1. The van der Waals surface area contributed by atoms with Crippen LogP contribution < -0.4 is 20.9 Å². The van der Waals surface area contributed by atoms with Crippen LogP contribution in [0.5, 0.6) is 5.75 Å². The van der Waals surface area contributed by atoms with Crippen LogP contribution in [-0.2, 0) is 14.4 Å². The summed E-state index contributed by atoms with van der Waals surface area (Å²) in [5.41, 5.74) is 4.60. The lowest BCUT2D eigenvalue weighted by Gasteiger charge is -2.22. The third kappa shape index (κ3) is 6.57. The van der Waals surface area contributed by atoms with Crippen molar-refractivity contribution in [3.63, 3.8) is 0 Å². The Bertz CT molecular complexity index is 607. The summed E-state index contributed by atoms with van der Waals surface area (Å²) in [6, 6.07) is 6.34. The van der Waals surface area contributed by atoms with Crippen LogP contribution >= 0.6 is 15.9 Å². The number of halogens is 1. The summed E-state index contributed by atoms with van der Waals surface area (Å²) in [5, 5.41) is 2.54. The molecule has 0 spiro atoms. The standard InChI is InChI=1S/C16H22BrN3O4/c1-9(2)14(18-11(4)21)16(23)20-19-15(22)10(3)24-13-7-5-6-12(17)8-13/h5-10,14H,1-4H3,(H,18,21)(H,19,22)(H,20,23)/t10-,14+/m1/s1. The van der Waals surface area contributed by atoms with E-state index in [1.165, 1.54) is 6.92 Å². The fraction of sp³-hybridized carbons (Fsp3) is 0.438. The Labute approximate surface area is 149 Å². The van der Waals surface area contributed by atoms with Gasteiger partial charge >= 0.3 is 0 Å². The Morgan fingerprint density at radius 1 is 1.08 bits per heavy atom. The summed E-state index contributed by atoms with van der Waals surface area (Å²) in [4.78, 5) is 35.2. The van der Waals surface area contributed by atoms with Gasteiger partial charge < -0.3 is 10.1 Å². The number of amides is 3. The lowest BCUT2D eigenvalue weighted by atomic mass is 10.0. The fourth-order valence-electron chi connectivity index (χ4n) is 1.85. The van der Waals surface area contributed by atoms with Crippen molar-refractivity contribution in [2.45, 2.75) is 39.8 Å². The number of hydrogen-bond donors (Lipinski definition) is 3. The maximum Gasteiger partial charge on any atom is 0.279 e. The van der Waals surface area contributed by atoms with Gasteiger partial charge in [-0.2, -0.15) is 0 Å². The highest BCUT2D eigenvalue weighted by Crippen LogP contribution is 2.18. The van der Waals surface area contributed by atoms with Crippen LogP contribution in [0.2, 0.25) is 0 Å². The van der Waals surface area contributed by atoms with E-state index in [0.717, 1.165) is 4.47 Å². The summed E-state index contributed by atoms with van der Waals surface area (Å²) in [7, 11) is 0. The molecule has 0 aromatic heterocycles. The van der Waals surface area contributed by atoms with Crippen molar-refractivity contribution in [3.05, 3.63) is 28.7 Å². The molecule has 2 atom stereocenters. The number of nitrogens with one attached hydrogen (secondary N) is 3. The van der Waals surface area contributed by atoms with Crippen molar-refractivity contribution in [3.8, 4) is 5.75 Å². The summed E-state index contributed by atoms with van der Waals surface area (Å²) in [6.45, 7) is 6.48. The molecule has 132 valence electrons. The van der Waals surface area contributed by atoms with E-state index in [4.69, 9.17) is 4.74 Å². The topological polar surface area (TPSA) is 96.5 Å². The normalized spacial score (nSPS) is 12.9. The van der Waals surface area contributed by atoms with Gasteiger partial charge in [-0.25, -0.2) is 0 Å². The van der Waals surface area contributed by atoms with Crippen molar-refractivity contribution >= 4 is 33.7 Å². The maximum absolute atomic E-state index is 12.1. The van der Waals surface area contributed by atoms with Crippen LogP contribution in [0.4, 0.5) is 0 Å². The third-order valence-corrected chi connectivity index (χ3v) is 3.59. The quantitative estimate of drug-likeness (QED) is 0.631. The minimum Gasteiger partial charge on any atom is -0.481 e. The largest absolute Gasteiger partial charge is 0.481 e. The highest BCUT2D eigenvalue weighted by atomic mass is 79.9. The fourth-order valence-corrected chi connectivity index (χ4v) is 2.23. The number of carbonyl (C=O) groups is 3. The highest BCUT2D eigenvalue weighted by Gasteiger charge is 2.24. The first-order valence-corrected chi connectivity index (χ1v) is 8.29. The minimum absolute atomic E-state index is 0.124. The number of hydrogen-bond acceptors (Lipinski definition) is 4. The smallest absolute Gasteiger partial charge is 0.279 e. The first kappa shape index (κ1) is 20.0. The van der Waals surface area contributed by atoms with Gasteiger partial charge in [-0.15, -0.1) is 0 Å². The van der Waals surface area contributed by atoms with Crippen molar-refractivity contribution < 1.29 is 19.1 Å². The highest BCUT2D eigenvalue weighted by molar-refractivity contribution is 9.10. The minimum atomic E-state index is -0.808. The zero-order chi connectivity index (χ0) is 18.3. The lowest BCUT2D eigenvalue weighted by molar-refractivity contribution is -0.135. The SMILES string of the molecule is CC(=O)N[C@H](C(=O)NNC(=O)[C@@H](C)Oc1cccc(Br)c1)C(C)C. The molecule has 0 heterocycles. The van der Waals surface area contributed by atoms with Crippen LogP contribution in [-0.4, -0.2) is 29.9 Å². The molecule has 0 aliphatic heterocycles. The Balaban J connectivity index is 2.54. The van der Waals surface area contributed by atoms with Crippen LogP contribution in [0, 0.1) is 5.92 Å². The van der Waals surface area contributed by atoms with Crippen LogP contribution in [0.3, 0.4) is 0 Å². The molecule has 1 aromatic rings. The summed E-state index contributed by atoms with van der Waals surface area (Å²) < 4.78 is 6.33. The number of rotatable bonds is 6. The molecule has 0 saturated carbocycles. The van der Waals surface area contributed by atoms with E-state index in [2.05, 4.69) is 32.1 Å². The predicted molar refractivity (Wildman–Crippen MR) is 93.0 cm³/mol. The van der Waals surface area contributed by atoms with E-state index in [0.29, 0.717) is 5.75 Å². The Morgan fingerprint density at radius 3 is 2.25 bits per heavy atom. The second kappa shape index (κ2) is 9.27. The predicted octanol–water partition coefficient (Wildman–Crippen LogP) is 1.52. The number of benzene rings is 1. The first-order chi connectivity index (χ1) is 11.2. The summed E-state index contributed by atoms with van der Waals surface area (Å²) in [5.74, 6) is -0.920. The monoisotopic (exact) mass is 399 g/mol. The maximum atomic E-state index is 12.1. The second-order valence-corrected chi connectivity index (χ2v) is 6.53. The first-order valence-electron chi connectivity index (χ1n) is 7.49. The van der Waals surface area contributed by atoms with Gasteiger partial charge in [0.15, 0.2) is 6.10 Å². The van der Waals surface area contributed by atoms with E-state index in [9.17, 15) is 14.4 Å². The third-order valence-electron chi connectivity index (χ3n) is 3.09. The van der Waals surface area contributed by atoms with E-state index >= 15 is 0 Å². The average molecular weight is 400 g/mol. The molecule has 0 unspecified atom stereocenters. The molecule has 1 rings (SSSR count). The van der Waals surface area contributed by atoms with Gasteiger partial charge in [0.05, 0.1) is 0 Å². The van der Waals surface area contributed by atoms with Gasteiger partial charge in [-0.1, -0.05) is 35.8 Å². The number of carbonyl (C=O) groups excluding carboxylic acids is 3. The van der Waals surface area contributed by atoms with Gasteiger partial charge in [-0.05, 0) is 31.0 Å². The molecule has 0 aliphatic rings. The van der Waals surface area contributed by atoms with Crippen LogP contribution in [0.15, 0.2) is 28.7 Å². The molecule has 7 nitrogen and oxygen atoms in total. The van der Waals surface area contributed by atoms with Gasteiger partial charge in [-0.3, -0.25) is 25.2 Å². The zero-order valence-corrected chi connectivity index (χ0v) is 15.6. The molecule has 0 saturated heterocycles. The molecule has 3 amide bonds. The van der Waals surface area contributed by atoms with Crippen molar-refractivity contribution in [2.24, 2.45) is 5.92 Å². The van der Waals surface area contributed by atoms with Gasteiger partial charge in [0.2, 0.25) is 5.91 Å². The van der Waals surface area contributed by atoms with E-state index in [1.54, 1.807) is 39.0 Å². The van der Waals surface area contributed by atoms with E-state index in [1.807, 2.05) is 6.07 Å². The molecule has 3 N–H and O–H groups in total. The second-order valence-electron chi connectivity index (χ2n) is 5.62. The average Bonchev–Trinajstić information content (AvgIpc) is 2.49. The van der Waals surface area contributed by atoms with Gasteiger partial charge in [0, 0.05) is 11.4 Å². The van der Waals surface area contributed by atoms with Gasteiger partial charge in [0.25, 0.3) is 11.8 Å². The summed E-state index contributed by atoms with van der Waals surface area (Å²) >= 11 is 3.32. The van der Waals surface area contributed by atoms with Crippen LogP contribution in [0.25, 0.3) is 0 Å². The molecule has 0 aliphatic carbocycles. The molecule has 0 radical (unpaired) electrons. The van der Waals surface area contributed by atoms with Crippen molar-refractivity contribution in [2.75, 3.05) is 0 Å². The summed E-state index contributed by atoms with van der Waals surface area (Å²) in [6.07, 6.45) is -0.808. The Kier molecular flexibility index (Phi) is 7.70. The van der Waals surface area contributed by atoms with Crippen LogP contribution in [0.1, 0.15) is 27.7 Å². The molecule has 24 heavy (non-hydrogen) atoms. The van der Waals surface area contributed by atoms with Crippen molar-refractivity contribution in [1.29, 1.82) is 0 Å². The van der Waals surface area contributed by atoms with E-state index < -0.39 is 24.0 Å². The molecular weight excluding hydrogens is 378 g/mol. The number of hydrazine groups is 1. The molecule has 0 bridgehead atoms. The Morgan fingerprint density at radius 2 is 1.71 bits per heavy atom. The van der Waals surface area contributed by atoms with E-state index in [-0.39, 0.29) is 11.8 Å². The number of ether oxygens (including phenoxy) is 1. The van der Waals surface area contributed by atoms with Gasteiger partial charge in [0.1, 0.15) is 11.8 Å². The lowest BCUT2D eigenvalue weighted by Crippen LogP contribution is -2.55. The molecular formula is C16H22BrN3O4. The van der Waals surface area contributed by atoms with Crippen molar-refractivity contribution in [1.82, 2.24) is 16.2 Å². The molecule has 0 fully saturated rings. The molecule has 8 heteroatoms. The Hall–Kier alpha value is -2.09. The molecule has 1 aromatic carbocycles.